The number of nitrogen functional groups attached to an aromatic ring is 1. The molecule has 0 atom stereocenters. The number of benzene rings is 2. The number of rotatable bonds is 2. The Labute approximate surface area is 143 Å². The summed E-state index contributed by atoms with van der Waals surface area (Å²) in [6.45, 7) is 0. The van der Waals surface area contributed by atoms with E-state index in [0.717, 1.165) is 6.07 Å². The van der Waals surface area contributed by atoms with Gasteiger partial charge in [0.15, 0.2) is 0 Å². The van der Waals surface area contributed by atoms with Gasteiger partial charge in [-0.1, -0.05) is 6.07 Å². The second-order valence-electron chi connectivity index (χ2n) is 3.83. The summed E-state index contributed by atoms with van der Waals surface area (Å²) in [7, 11) is -9.53. The molecular weight excluding hydrogens is 333 g/mol. The third-order valence-electron chi connectivity index (χ3n) is 2.48. The van der Waals surface area contributed by atoms with Crippen molar-refractivity contribution in [1.82, 2.24) is 0 Å². The molecule has 0 unspecified atom stereocenters. The van der Waals surface area contributed by atoms with Crippen molar-refractivity contribution in [3.63, 3.8) is 0 Å². The molecule has 0 radical (unpaired) electrons. The number of nitrogens with two attached hydrogens (primary N) is 1. The van der Waals surface area contributed by atoms with E-state index in [1.54, 1.807) is 0 Å². The van der Waals surface area contributed by atoms with Crippen LogP contribution in [-0.2, 0) is 20.2 Å². The fourth-order valence-corrected chi connectivity index (χ4v) is 3.03. The summed E-state index contributed by atoms with van der Waals surface area (Å²) < 4.78 is 64.5. The van der Waals surface area contributed by atoms with Crippen LogP contribution in [0.1, 0.15) is 0 Å². The zero-order chi connectivity index (χ0) is 14.4. The molecule has 2 rings (SSSR count). The number of hydrogen-bond donors (Lipinski definition) is 2. The largest absolute Gasteiger partial charge is 1.00 e. The first-order valence-electron chi connectivity index (χ1n) is 4.86. The molecule has 0 aromatic heterocycles. The molecule has 0 bridgehead atoms. The molecule has 0 saturated heterocycles. The molecule has 2 aromatic rings. The molecule has 5 N–H and O–H groups in total. The van der Waals surface area contributed by atoms with E-state index in [1.807, 2.05) is 0 Å². The second-order valence-corrected chi connectivity index (χ2v) is 6.60. The standard InChI is InChI=1S/C10H9NO6S2.Na.H2O/c11-7-1-2-9-6(3-7)4-8(18(12,13)14)5-10(9)19(15,16)17;;/h1-5H,11H2,(H,12,13,14)(H,15,16,17);;1H2/q;+1;/p-1. The molecule has 8 nitrogen and oxygen atoms in total. The number of fused-ring (bicyclic) bond motifs is 1. The molecule has 0 aliphatic rings. The van der Waals surface area contributed by atoms with Gasteiger partial charge in [-0.15, -0.1) is 0 Å². The van der Waals surface area contributed by atoms with Crippen molar-refractivity contribution in [3.05, 3.63) is 30.3 Å². The smallest absolute Gasteiger partial charge is 0.744 e. The molecule has 0 spiro atoms. The molecule has 0 heterocycles. The van der Waals surface area contributed by atoms with Crippen LogP contribution in [0.4, 0.5) is 5.69 Å². The van der Waals surface area contributed by atoms with Gasteiger partial charge < -0.3 is 15.8 Å². The Morgan fingerprint density at radius 1 is 1.05 bits per heavy atom. The Bertz CT molecular complexity index is 878. The summed E-state index contributed by atoms with van der Waals surface area (Å²) in [5, 5.41) is 0.202. The van der Waals surface area contributed by atoms with E-state index in [9.17, 15) is 21.4 Å². The average Bonchev–Trinajstić information content (AvgIpc) is 2.24. The first-order valence-corrected chi connectivity index (χ1v) is 7.70. The van der Waals surface area contributed by atoms with Gasteiger partial charge in [0.1, 0.15) is 15.0 Å². The molecule has 0 aliphatic carbocycles. The Kier molecular flexibility index (Phi) is 6.36. The monoisotopic (exact) mass is 343 g/mol. The molecule has 11 heteroatoms. The molecule has 21 heavy (non-hydrogen) atoms. The van der Waals surface area contributed by atoms with E-state index >= 15 is 0 Å². The van der Waals surface area contributed by atoms with Crippen LogP contribution in [0.3, 0.4) is 0 Å². The van der Waals surface area contributed by atoms with Crippen molar-refractivity contribution in [1.29, 1.82) is 0 Å². The summed E-state index contributed by atoms with van der Waals surface area (Å²) >= 11 is 0. The molecular formula is C10H10NNaO7S2. The quantitative estimate of drug-likeness (QED) is 0.328. The van der Waals surface area contributed by atoms with E-state index in [2.05, 4.69) is 0 Å². The Morgan fingerprint density at radius 3 is 2.10 bits per heavy atom. The van der Waals surface area contributed by atoms with Crippen LogP contribution >= 0.6 is 0 Å². The minimum absolute atomic E-state index is 0. The summed E-state index contributed by atoms with van der Waals surface area (Å²) in [5.41, 5.74) is 5.76. The molecule has 0 saturated carbocycles. The van der Waals surface area contributed by atoms with Gasteiger partial charge in [-0.2, -0.15) is 8.42 Å². The van der Waals surface area contributed by atoms with Gasteiger partial charge in [-0.3, -0.25) is 4.55 Å². The van der Waals surface area contributed by atoms with Gasteiger partial charge in [-0.25, -0.2) is 8.42 Å². The Balaban J connectivity index is 0.00000200. The topological polar surface area (TPSA) is 169 Å². The minimum Gasteiger partial charge on any atom is -0.744 e. The second kappa shape index (κ2) is 6.58. The van der Waals surface area contributed by atoms with Gasteiger partial charge in [0.25, 0.3) is 10.1 Å². The van der Waals surface area contributed by atoms with Crippen molar-refractivity contribution in [2.24, 2.45) is 0 Å². The average molecular weight is 343 g/mol. The first kappa shape index (κ1) is 20.3. The third-order valence-corrected chi connectivity index (χ3v) is 4.19. The van der Waals surface area contributed by atoms with Crippen molar-refractivity contribution >= 4 is 36.7 Å². The first-order chi connectivity index (χ1) is 8.59. The van der Waals surface area contributed by atoms with Crippen molar-refractivity contribution in [2.45, 2.75) is 9.79 Å². The van der Waals surface area contributed by atoms with Crippen LogP contribution in [0.25, 0.3) is 10.8 Å². The molecule has 0 fully saturated rings. The van der Waals surface area contributed by atoms with E-state index in [-0.39, 0.29) is 51.5 Å². The predicted molar refractivity (Wildman–Crippen MR) is 69.8 cm³/mol. The van der Waals surface area contributed by atoms with Gasteiger partial charge in [0.05, 0.1) is 4.90 Å². The maximum absolute atomic E-state index is 11.2. The van der Waals surface area contributed by atoms with Crippen molar-refractivity contribution < 1.29 is 61.0 Å². The van der Waals surface area contributed by atoms with Crippen molar-refractivity contribution in [3.8, 4) is 0 Å². The fraction of sp³-hybridized carbons (Fsp3) is 0. The maximum Gasteiger partial charge on any atom is 1.00 e. The molecule has 110 valence electrons. The molecule has 0 amide bonds. The zero-order valence-electron chi connectivity index (χ0n) is 10.8. The normalized spacial score (nSPS) is 11.5. The van der Waals surface area contributed by atoms with Crippen LogP contribution in [0, 0.1) is 0 Å². The van der Waals surface area contributed by atoms with Crippen LogP contribution in [0.15, 0.2) is 40.1 Å². The SMILES string of the molecule is Nc1ccc2c(S(=O)(=O)O)cc(S(=O)(=O)[O-])cc2c1.O.[Na+]. The number of hydrogen-bond acceptors (Lipinski definition) is 6. The van der Waals surface area contributed by atoms with Crippen LogP contribution in [-0.4, -0.2) is 31.4 Å². The summed E-state index contributed by atoms with van der Waals surface area (Å²) in [6, 6.07) is 5.63. The molecule has 0 aliphatic heterocycles. The predicted octanol–water partition coefficient (Wildman–Crippen LogP) is -3.25. The van der Waals surface area contributed by atoms with E-state index in [4.69, 9.17) is 10.3 Å². The Hall–Kier alpha value is -0.720. The zero-order valence-corrected chi connectivity index (χ0v) is 14.4. The summed E-state index contributed by atoms with van der Waals surface area (Å²) in [5.74, 6) is 0. The van der Waals surface area contributed by atoms with Gasteiger partial charge in [0.2, 0.25) is 0 Å². The van der Waals surface area contributed by atoms with Crippen LogP contribution in [0.2, 0.25) is 0 Å². The van der Waals surface area contributed by atoms with E-state index in [1.165, 1.54) is 18.2 Å². The Morgan fingerprint density at radius 2 is 1.62 bits per heavy atom. The van der Waals surface area contributed by atoms with Crippen LogP contribution < -0.4 is 35.3 Å². The van der Waals surface area contributed by atoms with E-state index < -0.39 is 30.0 Å². The third kappa shape index (κ3) is 4.37. The number of anilines is 1. The summed E-state index contributed by atoms with van der Waals surface area (Å²) in [4.78, 5) is -1.40. The fourth-order valence-electron chi connectivity index (χ4n) is 1.68. The van der Waals surface area contributed by atoms with Gasteiger partial charge in [0, 0.05) is 11.1 Å². The van der Waals surface area contributed by atoms with Gasteiger partial charge >= 0.3 is 29.6 Å². The van der Waals surface area contributed by atoms with Crippen molar-refractivity contribution in [2.75, 3.05) is 5.73 Å². The molecule has 2 aromatic carbocycles. The maximum atomic E-state index is 11.2. The van der Waals surface area contributed by atoms with E-state index in [0.29, 0.717) is 6.07 Å². The van der Waals surface area contributed by atoms with Gasteiger partial charge in [-0.05, 0) is 29.7 Å². The van der Waals surface area contributed by atoms with Crippen LogP contribution in [0.5, 0.6) is 0 Å². The summed E-state index contributed by atoms with van der Waals surface area (Å²) in [6.07, 6.45) is 0. The minimum atomic E-state index is -4.86.